The Hall–Kier alpha value is -2.31. The highest BCUT2D eigenvalue weighted by molar-refractivity contribution is 5.92. The lowest BCUT2D eigenvalue weighted by Crippen LogP contribution is -2.20. The summed E-state index contributed by atoms with van der Waals surface area (Å²) in [6.07, 6.45) is 2.50. The maximum absolute atomic E-state index is 11.4. The number of amides is 1. The van der Waals surface area contributed by atoms with Crippen molar-refractivity contribution in [2.24, 2.45) is 0 Å². The smallest absolute Gasteiger partial charge is 0.494 e. The lowest BCUT2D eigenvalue weighted by molar-refractivity contribution is 0.0786. The highest BCUT2D eigenvalue weighted by Gasteiger charge is 2.13. The number of pyridine rings is 1. The van der Waals surface area contributed by atoms with Gasteiger partial charge in [-0.3, -0.25) is 10.3 Å². The quantitative estimate of drug-likeness (QED) is 0.501. The monoisotopic (exact) mass is 268 g/mol. The number of nitrogens with one attached hydrogen (secondary N) is 1. The first kappa shape index (κ1) is 14.7. The van der Waals surface area contributed by atoms with Gasteiger partial charge in [0.15, 0.2) is 0 Å². The second-order valence-corrected chi connectivity index (χ2v) is 3.54. The normalized spacial score (nSPS) is 9.58. The van der Waals surface area contributed by atoms with E-state index in [9.17, 15) is 9.59 Å². The van der Waals surface area contributed by atoms with Gasteiger partial charge in [0.1, 0.15) is 11.4 Å². The van der Waals surface area contributed by atoms with Crippen LogP contribution in [0.4, 0.5) is 15.3 Å². The molecular weight excluding hydrogens is 252 g/mol. The molecule has 0 saturated carbocycles. The molecule has 0 saturated heterocycles. The van der Waals surface area contributed by atoms with E-state index in [2.05, 4.69) is 19.8 Å². The van der Waals surface area contributed by atoms with Crippen molar-refractivity contribution in [3.63, 3.8) is 0 Å². The number of ether oxygens (including phenoxy) is 3. The zero-order chi connectivity index (χ0) is 14.1. The summed E-state index contributed by atoms with van der Waals surface area (Å²) in [6.45, 7) is 2.18. The second kappa shape index (κ2) is 7.91. The topological polar surface area (TPSA) is 86.8 Å². The number of carbonyl (C=O) groups excluding carboxylic acids is 2. The summed E-state index contributed by atoms with van der Waals surface area (Å²) in [5, 5.41) is 2.33. The number of aromatic nitrogens is 1. The second-order valence-electron chi connectivity index (χ2n) is 3.54. The van der Waals surface area contributed by atoms with Gasteiger partial charge in [-0.15, -0.1) is 0 Å². The molecule has 19 heavy (non-hydrogen) atoms. The zero-order valence-electron chi connectivity index (χ0n) is 10.8. The van der Waals surface area contributed by atoms with E-state index in [-0.39, 0.29) is 6.61 Å². The van der Waals surface area contributed by atoms with Crippen molar-refractivity contribution in [1.29, 1.82) is 0 Å². The molecule has 1 heterocycles. The summed E-state index contributed by atoms with van der Waals surface area (Å²) >= 11 is 0. The van der Waals surface area contributed by atoms with E-state index in [0.717, 1.165) is 6.42 Å². The maximum Gasteiger partial charge on any atom is 0.517 e. The number of nitrogens with zero attached hydrogens (tertiary/aromatic N) is 1. The first-order valence-electron chi connectivity index (χ1n) is 5.81. The predicted molar refractivity (Wildman–Crippen MR) is 67.1 cm³/mol. The lowest BCUT2D eigenvalue weighted by atomic mass is 10.4. The molecule has 0 aliphatic rings. The number of methoxy groups -OCH3 is 1. The van der Waals surface area contributed by atoms with E-state index in [4.69, 9.17) is 4.74 Å². The molecule has 0 unspecified atom stereocenters. The molecule has 7 nitrogen and oxygen atoms in total. The van der Waals surface area contributed by atoms with Gasteiger partial charge < -0.3 is 14.2 Å². The summed E-state index contributed by atoms with van der Waals surface area (Å²) in [4.78, 5) is 26.3. The van der Waals surface area contributed by atoms with Crippen LogP contribution in [0, 0.1) is 0 Å². The zero-order valence-corrected chi connectivity index (χ0v) is 10.8. The average molecular weight is 268 g/mol. The molecule has 0 aromatic carbocycles. The Morgan fingerprint density at radius 2 is 2.21 bits per heavy atom. The van der Waals surface area contributed by atoms with E-state index >= 15 is 0 Å². The van der Waals surface area contributed by atoms with E-state index < -0.39 is 12.2 Å². The number of unbranched alkanes of at least 4 members (excludes halogenated alkanes) is 1. The van der Waals surface area contributed by atoms with Crippen LogP contribution < -0.4 is 10.1 Å². The molecule has 1 rings (SSSR count). The number of carbonyl (C=O) groups is 2. The molecule has 104 valence electrons. The fourth-order valence-electron chi connectivity index (χ4n) is 1.19. The van der Waals surface area contributed by atoms with Gasteiger partial charge in [0.2, 0.25) is 0 Å². The molecule has 0 bridgehead atoms. The van der Waals surface area contributed by atoms with Gasteiger partial charge in [-0.25, -0.2) is 9.59 Å². The van der Waals surface area contributed by atoms with E-state index in [1.54, 1.807) is 6.07 Å². The summed E-state index contributed by atoms with van der Waals surface area (Å²) in [5.41, 5.74) is 0.302. The number of rotatable bonds is 5. The molecule has 0 aliphatic heterocycles. The van der Waals surface area contributed by atoms with Crippen LogP contribution >= 0.6 is 0 Å². The third kappa shape index (κ3) is 5.24. The van der Waals surface area contributed by atoms with Gasteiger partial charge >= 0.3 is 12.2 Å². The minimum atomic E-state index is -1.03. The molecule has 0 fully saturated rings. The molecule has 1 amide bonds. The molecule has 1 aromatic rings. The van der Waals surface area contributed by atoms with Crippen molar-refractivity contribution in [2.45, 2.75) is 19.8 Å². The van der Waals surface area contributed by atoms with Gasteiger partial charge in [-0.1, -0.05) is 13.3 Å². The van der Waals surface area contributed by atoms with Crippen LogP contribution in [0.3, 0.4) is 0 Å². The van der Waals surface area contributed by atoms with Gasteiger partial charge in [0.05, 0.1) is 19.9 Å². The van der Waals surface area contributed by atoms with Gasteiger partial charge in [0, 0.05) is 12.3 Å². The largest absolute Gasteiger partial charge is 0.517 e. The molecule has 0 radical (unpaired) electrons. The van der Waals surface area contributed by atoms with Crippen LogP contribution in [0.25, 0.3) is 0 Å². The Kier molecular flexibility index (Phi) is 6.14. The van der Waals surface area contributed by atoms with Crippen LogP contribution in [0.2, 0.25) is 0 Å². The van der Waals surface area contributed by atoms with E-state index in [1.165, 1.54) is 19.5 Å². The van der Waals surface area contributed by atoms with Crippen LogP contribution in [0.5, 0.6) is 5.75 Å². The Bertz CT molecular complexity index is 436. The Labute approximate surface area is 110 Å². The van der Waals surface area contributed by atoms with Crippen molar-refractivity contribution in [3.8, 4) is 5.75 Å². The van der Waals surface area contributed by atoms with Crippen LogP contribution in [-0.4, -0.2) is 30.9 Å². The van der Waals surface area contributed by atoms with Gasteiger partial charge in [-0.05, 0) is 6.42 Å². The molecule has 1 N–H and O–H groups in total. The van der Waals surface area contributed by atoms with Gasteiger partial charge in [0.25, 0.3) is 0 Å². The SMILES string of the molecule is CCCCOC(=O)OC(=O)Nc1cnccc1OC. The van der Waals surface area contributed by atoms with E-state index in [0.29, 0.717) is 17.9 Å². The van der Waals surface area contributed by atoms with Crippen LogP contribution in [0.1, 0.15) is 19.8 Å². The van der Waals surface area contributed by atoms with Crippen LogP contribution in [0.15, 0.2) is 18.5 Å². The molecule has 0 aliphatic carbocycles. The standard InChI is InChI=1S/C12H16N2O5/c1-3-4-7-18-12(16)19-11(15)14-9-8-13-6-5-10(9)17-2/h5-6,8H,3-4,7H2,1-2H3,(H,14,15). The minimum absolute atomic E-state index is 0.221. The molecule has 7 heteroatoms. The third-order valence-corrected chi connectivity index (χ3v) is 2.13. The summed E-state index contributed by atoms with van der Waals surface area (Å²) < 4.78 is 14.1. The van der Waals surface area contributed by atoms with Crippen molar-refractivity contribution in [1.82, 2.24) is 4.98 Å². The number of anilines is 1. The highest BCUT2D eigenvalue weighted by Crippen LogP contribution is 2.21. The van der Waals surface area contributed by atoms with Gasteiger partial charge in [-0.2, -0.15) is 0 Å². The van der Waals surface area contributed by atoms with Crippen LogP contribution in [-0.2, 0) is 9.47 Å². The Morgan fingerprint density at radius 1 is 1.42 bits per heavy atom. The Balaban J connectivity index is 2.44. The first-order valence-corrected chi connectivity index (χ1v) is 5.81. The molecule has 0 atom stereocenters. The summed E-state index contributed by atoms with van der Waals surface area (Å²) in [6, 6.07) is 1.56. The maximum atomic E-state index is 11.4. The summed E-state index contributed by atoms with van der Waals surface area (Å²) in [5.74, 6) is 0.409. The van der Waals surface area contributed by atoms with Crippen molar-refractivity contribution in [2.75, 3.05) is 19.0 Å². The number of hydrogen-bond acceptors (Lipinski definition) is 6. The molecule has 0 spiro atoms. The molecular formula is C12H16N2O5. The fraction of sp³-hybridized carbons (Fsp3) is 0.417. The fourth-order valence-corrected chi connectivity index (χ4v) is 1.19. The third-order valence-electron chi connectivity index (χ3n) is 2.13. The van der Waals surface area contributed by atoms with Crippen molar-refractivity contribution in [3.05, 3.63) is 18.5 Å². The predicted octanol–water partition coefficient (Wildman–Crippen LogP) is 2.58. The lowest BCUT2D eigenvalue weighted by Gasteiger charge is -2.08. The minimum Gasteiger partial charge on any atom is -0.494 e. The van der Waals surface area contributed by atoms with Crippen molar-refractivity contribution < 1.29 is 23.8 Å². The highest BCUT2D eigenvalue weighted by atomic mass is 16.7. The van der Waals surface area contributed by atoms with E-state index in [1.807, 2.05) is 6.92 Å². The van der Waals surface area contributed by atoms with Crippen molar-refractivity contribution >= 4 is 17.9 Å². The molecule has 1 aromatic heterocycles. The Morgan fingerprint density at radius 3 is 2.89 bits per heavy atom. The average Bonchev–Trinajstić information content (AvgIpc) is 2.39. The summed E-state index contributed by atoms with van der Waals surface area (Å²) in [7, 11) is 1.45. The first-order chi connectivity index (χ1) is 9.17. The number of hydrogen-bond donors (Lipinski definition) is 1.